The van der Waals surface area contributed by atoms with Crippen LogP contribution in [0.2, 0.25) is 5.02 Å². The monoisotopic (exact) mass is 543 g/mol. The Morgan fingerprint density at radius 1 is 1.11 bits per heavy atom. The molecule has 2 aromatic carbocycles. The minimum absolute atomic E-state index is 0.170. The summed E-state index contributed by atoms with van der Waals surface area (Å²) < 4.78 is 31.8. The van der Waals surface area contributed by atoms with Gasteiger partial charge in [0.25, 0.3) is 11.8 Å². The van der Waals surface area contributed by atoms with E-state index in [9.17, 15) is 27.9 Å². The zero-order valence-corrected chi connectivity index (χ0v) is 20.9. The predicted molar refractivity (Wildman–Crippen MR) is 134 cm³/mol. The van der Waals surface area contributed by atoms with Gasteiger partial charge in [0.1, 0.15) is 10.7 Å². The van der Waals surface area contributed by atoms with Crippen LogP contribution in [0.5, 0.6) is 5.75 Å². The van der Waals surface area contributed by atoms with Gasteiger partial charge >= 0.3 is 6.03 Å². The second-order valence-corrected chi connectivity index (χ2v) is 11.2. The van der Waals surface area contributed by atoms with E-state index in [1.807, 2.05) is 6.07 Å². The van der Waals surface area contributed by atoms with E-state index in [1.165, 1.54) is 24.3 Å². The summed E-state index contributed by atoms with van der Waals surface area (Å²) in [6.07, 6.45) is 3.94. The van der Waals surface area contributed by atoms with E-state index in [2.05, 4.69) is 10.6 Å². The van der Waals surface area contributed by atoms with Crippen molar-refractivity contribution in [3.63, 3.8) is 0 Å². The molecule has 0 fully saturated rings. The van der Waals surface area contributed by atoms with Crippen molar-refractivity contribution in [3.8, 4) is 5.75 Å². The Morgan fingerprint density at radius 2 is 1.81 bits per heavy atom. The van der Waals surface area contributed by atoms with Crippen LogP contribution in [0, 0.1) is 0 Å². The number of imide groups is 1. The number of rotatable bonds is 6. The molecule has 1 aliphatic carbocycles. The first-order chi connectivity index (χ1) is 17.7. The normalized spacial score (nSPS) is 16.9. The molecule has 1 unspecified atom stereocenters. The zero-order chi connectivity index (χ0) is 26.3. The average Bonchev–Trinajstić information content (AvgIpc) is 3.44. The molecule has 2 heterocycles. The molecule has 0 spiro atoms. The number of carbonyl (C=O) groups excluding carboxylic acids is 3. The van der Waals surface area contributed by atoms with Gasteiger partial charge in [0.05, 0.1) is 39.9 Å². The number of hydrogen-bond donors (Lipinski definition) is 3. The molecule has 0 saturated carbocycles. The molecule has 2 aliphatic rings. The maximum Gasteiger partial charge on any atom is 0.319 e. The molecule has 1 atom stereocenters. The summed E-state index contributed by atoms with van der Waals surface area (Å²) in [4.78, 5) is 38.0. The van der Waals surface area contributed by atoms with Crippen LogP contribution < -0.4 is 10.6 Å². The number of hydrogen-bond acceptors (Lipinski definition) is 7. The maximum atomic E-state index is 13.1. The van der Waals surface area contributed by atoms with Gasteiger partial charge < -0.3 is 20.2 Å². The number of furan rings is 1. The van der Waals surface area contributed by atoms with Crippen LogP contribution in [-0.2, 0) is 16.3 Å². The topological polar surface area (TPSA) is 146 Å². The van der Waals surface area contributed by atoms with Gasteiger partial charge in [0, 0.05) is 6.54 Å². The van der Waals surface area contributed by atoms with Crippen molar-refractivity contribution in [1.82, 2.24) is 10.2 Å². The number of nitrogens with one attached hydrogen (secondary N) is 2. The van der Waals surface area contributed by atoms with Crippen LogP contribution in [0.15, 0.2) is 58.0 Å². The standard InChI is InChI=1S/C25H22ClN3O7S/c26-17-8-9-18(27-25(33)28-19-7-3-4-14-10-12-36-21(14)19)20(30)22(17)37(34,35)13-11-29-23(31)15-5-1-2-6-16(15)24(29)32/h1-2,5-6,8-10,12,19,30H,3-4,7,11,13H2,(H2,27,28,33). The number of aryl methyl sites for hydroxylation is 1. The number of fused-ring (bicyclic) bond motifs is 2. The molecule has 4 amide bonds. The van der Waals surface area contributed by atoms with Crippen molar-refractivity contribution in [1.29, 1.82) is 0 Å². The summed E-state index contributed by atoms with van der Waals surface area (Å²) in [6.45, 7) is -0.435. The van der Waals surface area contributed by atoms with Crippen LogP contribution in [0.3, 0.4) is 0 Å². The largest absolute Gasteiger partial charge is 0.504 e. The molecular formula is C25H22ClN3O7S. The van der Waals surface area contributed by atoms with Crippen molar-refractivity contribution in [3.05, 3.63) is 76.2 Å². The number of urea groups is 1. The molecule has 0 radical (unpaired) electrons. The van der Waals surface area contributed by atoms with Crippen LogP contribution in [0.4, 0.5) is 10.5 Å². The molecule has 1 aromatic heterocycles. The molecule has 10 nitrogen and oxygen atoms in total. The van der Waals surface area contributed by atoms with Crippen LogP contribution in [0.1, 0.15) is 50.9 Å². The van der Waals surface area contributed by atoms with Gasteiger partial charge in [-0.05, 0) is 55.2 Å². The van der Waals surface area contributed by atoms with E-state index < -0.39 is 50.6 Å². The SMILES string of the molecule is O=C(Nc1ccc(Cl)c(S(=O)(=O)CCN2C(=O)c3ccccc3C2=O)c1O)NC1CCCc2ccoc21. The van der Waals surface area contributed by atoms with Crippen molar-refractivity contribution in [2.24, 2.45) is 0 Å². The van der Waals surface area contributed by atoms with E-state index in [0.717, 1.165) is 23.3 Å². The molecule has 0 saturated heterocycles. The van der Waals surface area contributed by atoms with Crippen molar-refractivity contribution < 1.29 is 32.3 Å². The maximum absolute atomic E-state index is 13.1. The highest BCUT2D eigenvalue weighted by Crippen LogP contribution is 2.38. The highest BCUT2D eigenvalue weighted by atomic mass is 35.5. The Balaban J connectivity index is 1.31. The fraction of sp³-hybridized carbons (Fsp3) is 0.240. The average molecular weight is 544 g/mol. The lowest BCUT2D eigenvalue weighted by molar-refractivity contribution is 0.0664. The zero-order valence-electron chi connectivity index (χ0n) is 19.4. The molecule has 1 aliphatic heterocycles. The lowest BCUT2D eigenvalue weighted by Crippen LogP contribution is -2.34. The summed E-state index contributed by atoms with van der Waals surface area (Å²) in [7, 11) is -4.28. The van der Waals surface area contributed by atoms with Gasteiger partial charge in [-0.1, -0.05) is 23.7 Å². The van der Waals surface area contributed by atoms with Gasteiger partial charge in [0.2, 0.25) is 0 Å². The van der Waals surface area contributed by atoms with Gasteiger partial charge in [0.15, 0.2) is 15.6 Å². The van der Waals surface area contributed by atoms with Crippen molar-refractivity contribution in [2.45, 2.75) is 30.2 Å². The first kappa shape index (κ1) is 24.8. The lowest BCUT2D eigenvalue weighted by Gasteiger charge is -2.22. The number of phenols is 1. The highest BCUT2D eigenvalue weighted by Gasteiger charge is 2.36. The molecule has 12 heteroatoms. The van der Waals surface area contributed by atoms with E-state index in [1.54, 1.807) is 18.4 Å². The molecular weight excluding hydrogens is 522 g/mol. The fourth-order valence-electron chi connectivity index (χ4n) is 4.64. The number of aromatic hydroxyl groups is 1. The molecule has 5 rings (SSSR count). The summed E-state index contributed by atoms with van der Waals surface area (Å²) >= 11 is 6.12. The van der Waals surface area contributed by atoms with Crippen LogP contribution in [-0.4, -0.2) is 48.6 Å². The summed E-state index contributed by atoms with van der Waals surface area (Å²) in [5.74, 6) is -1.95. The Hall–Kier alpha value is -3.83. The second-order valence-electron chi connectivity index (χ2n) is 8.75. The van der Waals surface area contributed by atoms with E-state index in [0.29, 0.717) is 12.2 Å². The van der Waals surface area contributed by atoms with Gasteiger partial charge in [-0.2, -0.15) is 0 Å². The molecule has 192 valence electrons. The van der Waals surface area contributed by atoms with Gasteiger partial charge in [-0.3, -0.25) is 14.5 Å². The smallest absolute Gasteiger partial charge is 0.319 e. The van der Waals surface area contributed by atoms with Crippen LogP contribution >= 0.6 is 11.6 Å². The van der Waals surface area contributed by atoms with E-state index in [4.69, 9.17) is 16.0 Å². The Labute approximate surface area is 217 Å². The number of halogens is 1. The van der Waals surface area contributed by atoms with Crippen molar-refractivity contribution >= 4 is 45.0 Å². The molecule has 0 bridgehead atoms. The van der Waals surface area contributed by atoms with Crippen LogP contribution in [0.25, 0.3) is 0 Å². The number of benzene rings is 2. The number of phenolic OH excluding ortho intramolecular Hbond substituents is 1. The number of amides is 4. The fourth-order valence-corrected chi connectivity index (χ4v) is 6.54. The predicted octanol–water partition coefficient (Wildman–Crippen LogP) is 3.91. The lowest BCUT2D eigenvalue weighted by atomic mass is 9.94. The Kier molecular flexibility index (Phi) is 6.42. The highest BCUT2D eigenvalue weighted by molar-refractivity contribution is 7.91. The third-order valence-corrected chi connectivity index (χ3v) is 8.63. The minimum atomic E-state index is -4.28. The summed E-state index contributed by atoms with van der Waals surface area (Å²) in [5.41, 5.74) is 1.24. The first-order valence-electron chi connectivity index (χ1n) is 11.5. The minimum Gasteiger partial charge on any atom is -0.504 e. The van der Waals surface area contributed by atoms with E-state index >= 15 is 0 Å². The van der Waals surface area contributed by atoms with Gasteiger partial charge in [-0.15, -0.1) is 0 Å². The van der Waals surface area contributed by atoms with Crippen molar-refractivity contribution in [2.75, 3.05) is 17.6 Å². The number of carbonyl (C=O) groups is 3. The summed E-state index contributed by atoms with van der Waals surface area (Å²) in [6, 6.07) is 9.54. The Bertz CT molecular complexity index is 1500. The molecule has 3 N–H and O–H groups in total. The third kappa shape index (κ3) is 4.56. The quantitative estimate of drug-likeness (QED) is 0.315. The first-order valence-corrected chi connectivity index (χ1v) is 13.5. The van der Waals surface area contributed by atoms with Gasteiger partial charge in [-0.25, -0.2) is 13.2 Å². The number of sulfone groups is 1. The Morgan fingerprint density at radius 3 is 2.51 bits per heavy atom. The summed E-state index contributed by atoms with van der Waals surface area (Å²) in [5, 5.41) is 15.7. The second kappa shape index (κ2) is 9.56. The third-order valence-electron chi connectivity index (χ3n) is 6.45. The van der Waals surface area contributed by atoms with E-state index in [-0.39, 0.29) is 27.9 Å². The molecule has 3 aromatic rings. The number of anilines is 1. The number of nitrogens with zero attached hydrogens (tertiary/aromatic N) is 1. The molecule has 37 heavy (non-hydrogen) atoms.